The first kappa shape index (κ1) is 9.21. The molecule has 0 aromatic carbocycles. The summed E-state index contributed by atoms with van der Waals surface area (Å²) in [6.45, 7) is 3.96. The van der Waals surface area contributed by atoms with Crippen molar-refractivity contribution in [1.29, 1.82) is 0 Å². The highest BCUT2D eigenvalue weighted by Crippen LogP contribution is 2.28. The molecular formula is C9H10N4S. The van der Waals surface area contributed by atoms with E-state index in [1.807, 2.05) is 13.8 Å². The molecule has 0 radical (unpaired) electrons. The van der Waals surface area contributed by atoms with Crippen molar-refractivity contribution in [2.45, 2.75) is 23.9 Å². The van der Waals surface area contributed by atoms with Gasteiger partial charge in [-0.25, -0.2) is 9.97 Å². The van der Waals surface area contributed by atoms with Crippen molar-refractivity contribution in [1.82, 2.24) is 20.2 Å². The second-order valence-electron chi connectivity index (χ2n) is 2.90. The first-order valence-electron chi connectivity index (χ1n) is 4.24. The maximum absolute atomic E-state index is 4.15. The third-order valence-electron chi connectivity index (χ3n) is 1.80. The van der Waals surface area contributed by atoms with E-state index >= 15 is 0 Å². The molecule has 0 aliphatic rings. The van der Waals surface area contributed by atoms with Crippen LogP contribution in [0.1, 0.15) is 11.4 Å². The third kappa shape index (κ3) is 1.77. The van der Waals surface area contributed by atoms with Crippen LogP contribution in [-0.2, 0) is 0 Å². The number of nitrogens with one attached hydrogen (secondary N) is 1. The summed E-state index contributed by atoms with van der Waals surface area (Å²) in [5, 5.41) is 7.79. The largest absolute Gasteiger partial charge is 0.281 e. The number of hydrogen-bond donors (Lipinski definition) is 1. The highest BCUT2D eigenvalue weighted by Gasteiger charge is 2.08. The molecule has 2 aromatic heterocycles. The average Bonchev–Trinajstić information content (AvgIpc) is 2.51. The lowest BCUT2D eigenvalue weighted by molar-refractivity contribution is 0.965. The molecule has 0 saturated heterocycles. The van der Waals surface area contributed by atoms with Crippen LogP contribution in [0.25, 0.3) is 0 Å². The molecule has 0 bridgehead atoms. The summed E-state index contributed by atoms with van der Waals surface area (Å²) in [7, 11) is 0. The minimum Gasteiger partial charge on any atom is -0.281 e. The zero-order valence-corrected chi connectivity index (χ0v) is 8.80. The van der Waals surface area contributed by atoms with Crippen LogP contribution in [0.5, 0.6) is 0 Å². The lowest BCUT2D eigenvalue weighted by atomic mass is 10.4. The minimum atomic E-state index is 0.750. The summed E-state index contributed by atoms with van der Waals surface area (Å²) < 4.78 is 0. The fourth-order valence-corrected chi connectivity index (χ4v) is 1.92. The number of H-pyrrole nitrogens is 1. The second-order valence-corrected chi connectivity index (χ2v) is 3.87. The SMILES string of the molecule is Cc1n[nH]c(C)c1Sc1ncccn1. The Hall–Kier alpha value is -1.36. The van der Waals surface area contributed by atoms with Crippen LogP contribution in [0.15, 0.2) is 28.5 Å². The first-order chi connectivity index (χ1) is 6.77. The minimum absolute atomic E-state index is 0.750. The molecule has 4 nitrogen and oxygen atoms in total. The molecule has 0 saturated carbocycles. The molecule has 2 heterocycles. The molecule has 0 unspecified atom stereocenters. The summed E-state index contributed by atoms with van der Waals surface area (Å²) in [6, 6.07) is 1.80. The van der Waals surface area contributed by atoms with E-state index in [-0.39, 0.29) is 0 Å². The van der Waals surface area contributed by atoms with Gasteiger partial charge in [-0.1, -0.05) is 0 Å². The molecular weight excluding hydrogens is 196 g/mol. The van der Waals surface area contributed by atoms with Gasteiger partial charge in [0.2, 0.25) is 0 Å². The molecule has 0 fully saturated rings. The van der Waals surface area contributed by atoms with E-state index in [0.717, 1.165) is 21.4 Å². The van der Waals surface area contributed by atoms with E-state index in [1.165, 1.54) is 11.8 Å². The van der Waals surface area contributed by atoms with Crippen molar-refractivity contribution in [3.63, 3.8) is 0 Å². The van der Waals surface area contributed by atoms with Gasteiger partial charge in [0.05, 0.1) is 10.6 Å². The van der Waals surface area contributed by atoms with Crippen LogP contribution in [0, 0.1) is 13.8 Å². The molecule has 2 aromatic rings. The summed E-state index contributed by atoms with van der Waals surface area (Å²) in [5.74, 6) is 0. The fourth-order valence-electron chi connectivity index (χ4n) is 1.12. The summed E-state index contributed by atoms with van der Waals surface area (Å²) in [5.41, 5.74) is 2.04. The Labute approximate surface area is 86.2 Å². The molecule has 0 aliphatic heterocycles. The third-order valence-corrected chi connectivity index (χ3v) is 3.00. The lowest BCUT2D eigenvalue weighted by Crippen LogP contribution is -1.84. The van der Waals surface area contributed by atoms with Gasteiger partial charge in [0.15, 0.2) is 5.16 Å². The average molecular weight is 206 g/mol. The molecule has 14 heavy (non-hydrogen) atoms. The van der Waals surface area contributed by atoms with Crippen molar-refractivity contribution in [2.24, 2.45) is 0 Å². The molecule has 0 atom stereocenters. The van der Waals surface area contributed by atoms with E-state index < -0.39 is 0 Å². The maximum atomic E-state index is 4.15. The molecule has 5 heteroatoms. The van der Waals surface area contributed by atoms with E-state index in [9.17, 15) is 0 Å². The Morgan fingerprint density at radius 1 is 1.21 bits per heavy atom. The fraction of sp³-hybridized carbons (Fsp3) is 0.222. The van der Waals surface area contributed by atoms with E-state index in [2.05, 4.69) is 20.2 Å². The Bertz CT molecular complexity index is 404. The molecule has 0 amide bonds. The van der Waals surface area contributed by atoms with Crippen molar-refractivity contribution >= 4 is 11.8 Å². The Balaban J connectivity index is 2.27. The van der Waals surface area contributed by atoms with Gasteiger partial charge in [-0.2, -0.15) is 5.10 Å². The van der Waals surface area contributed by atoms with Crippen molar-refractivity contribution < 1.29 is 0 Å². The summed E-state index contributed by atoms with van der Waals surface area (Å²) in [6.07, 6.45) is 3.47. The molecule has 0 spiro atoms. The van der Waals surface area contributed by atoms with Crippen LogP contribution < -0.4 is 0 Å². The van der Waals surface area contributed by atoms with Gasteiger partial charge in [0.1, 0.15) is 0 Å². The lowest BCUT2D eigenvalue weighted by Gasteiger charge is -1.98. The number of hydrogen-bond acceptors (Lipinski definition) is 4. The Morgan fingerprint density at radius 3 is 2.50 bits per heavy atom. The summed E-state index contributed by atoms with van der Waals surface area (Å²) in [4.78, 5) is 9.40. The van der Waals surface area contributed by atoms with Crippen LogP contribution in [0.4, 0.5) is 0 Å². The highest BCUT2D eigenvalue weighted by molar-refractivity contribution is 7.99. The number of rotatable bonds is 2. The van der Waals surface area contributed by atoms with Gasteiger partial charge < -0.3 is 0 Å². The molecule has 1 N–H and O–H groups in total. The zero-order chi connectivity index (χ0) is 9.97. The molecule has 0 aliphatic carbocycles. The van der Waals surface area contributed by atoms with Gasteiger partial charge in [-0.3, -0.25) is 5.10 Å². The van der Waals surface area contributed by atoms with Crippen LogP contribution in [-0.4, -0.2) is 20.2 Å². The van der Waals surface area contributed by atoms with Crippen LogP contribution >= 0.6 is 11.8 Å². The van der Waals surface area contributed by atoms with E-state index in [1.54, 1.807) is 18.5 Å². The second kappa shape index (κ2) is 3.79. The molecule has 72 valence electrons. The first-order valence-corrected chi connectivity index (χ1v) is 5.05. The standard InChI is InChI=1S/C9H10N4S/c1-6-8(7(2)13-12-6)14-9-10-4-3-5-11-9/h3-5H,1-2H3,(H,12,13). The van der Waals surface area contributed by atoms with Crippen molar-refractivity contribution in [3.05, 3.63) is 29.8 Å². The van der Waals surface area contributed by atoms with Crippen molar-refractivity contribution in [2.75, 3.05) is 0 Å². The Kier molecular flexibility index (Phi) is 2.49. The monoisotopic (exact) mass is 206 g/mol. The zero-order valence-electron chi connectivity index (χ0n) is 7.98. The molecule has 2 rings (SSSR count). The van der Waals surface area contributed by atoms with Gasteiger partial charge in [-0.05, 0) is 31.7 Å². The normalized spacial score (nSPS) is 10.4. The van der Waals surface area contributed by atoms with Crippen LogP contribution in [0.2, 0.25) is 0 Å². The van der Waals surface area contributed by atoms with Crippen molar-refractivity contribution in [3.8, 4) is 0 Å². The van der Waals surface area contributed by atoms with Gasteiger partial charge >= 0.3 is 0 Å². The van der Waals surface area contributed by atoms with Gasteiger partial charge in [0.25, 0.3) is 0 Å². The number of aryl methyl sites for hydroxylation is 2. The van der Waals surface area contributed by atoms with Gasteiger partial charge in [0, 0.05) is 18.1 Å². The summed E-state index contributed by atoms with van der Waals surface area (Å²) >= 11 is 1.53. The maximum Gasteiger partial charge on any atom is 0.192 e. The predicted octanol–water partition coefficient (Wildman–Crippen LogP) is 1.97. The smallest absolute Gasteiger partial charge is 0.192 e. The number of nitrogens with zero attached hydrogens (tertiary/aromatic N) is 3. The quantitative estimate of drug-likeness (QED) is 0.763. The predicted molar refractivity (Wildman–Crippen MR) is 54.2 cm³/mol. The topological polar surface area (TPSA) is 54.5 Å². The Morgan fingerprint density at radius 2 is 1.93 bits per heavy atom. The van der Waals surface area contributed by atoms with E-state index in [4.69, 9.17) is 0 Å². The highest BCUT2D eigenvalue weighted by atomic mass is 32.2. The number of aromatic amines is 1. The number of aromatic nitrogens is 4. The van der Waals surface area contributed by atoms with Crippen LogP contribution in [0.3, 0.4) is 0 Å². The van der Waals surface area contributed by atoms with E-state index in [0.29, 0.717) is 0 Å². The van der Waals surface area contributed by atoms with Gasteiger partial charge in [-0.15, -0.1) is 0 Å².